The molecule has 1 aliphatic carbocycles. The van der Waals surface area contributed by atoms with E-state index in [4.69, 9.17) is 15.3 Å². The minimum Gasteiger partial charge on any atom is -0.493 e. The van der Waals surface area contributed by atoms with Crippen molar-refractivity contribution in [2.24, 2.45) is 5.41 Å². The smallest absolute Gasteiger partial charge is 0.331 e. The van der Waals surface area contributed by atoms with Crippen LogP contribution in [0, 0.1) is 5.41 Å². The molecule has 1 unspecified atom stereocenters. The molecule has 0 aromatic carbocycles. The molecule has 3 N–H and O–H groups in total. The standard InChI is InChI=1S/C9H10O4.C5H11NOS2/c1-9(8(12)13)4-2-3-6(5-9)7(10)11;1-3-6(4-2)9-5(7)8/h2-4H,5H2,1H3,(H,10,11)(H,12,13);3-4H2,1-2H3,(H,7,8). The summed E-state index contributed by atoms with van der Waals surface area (Å²) in [6.07, 6.45) is 4.43. The number of carboxylic acids is 2. The maximum Gasteiger partial charge on any atom is 0.331 e. The average molecular weight is 347 g/mol. The van der Waals surface area contributed by atoms with Crippen LogP contribution in [-0.2, 0) is 9.59 Å². The molecular formula is C14H21NO5S2. The highest BCUT2D eigenvalue weighted by molar-refractivity contribution is 8.20. The topological polar surface area (TPSA) is 98.1 Å². The fourth-order valence-electron chi connectivity index (χ4n) is 1.65. The first-order chi connectivity index (χ1) is 10.2. The molecule has 0 heterocycles. The number of thiocarbonyl (C=S) groups is 1. The van der Waals surface area contributed by atoms with Gasteiger partial charge in [-0.1, -0.05) is 32.1 Å². The molecule has 124 valence electrons. The third-order valence-corrected chi connectivity index (χ3v) is 4.15. The molecule has 0 spiro atoms. The monoisotopic (exact) mass is 347 g/mol. The van der Waals surface area contributed by atoms with Crippen LogP contribution in [0.4, 0.5) is 0 Å². The Morgan fingerprint density at radius 1 is 1.32 bits per heavy atom. The van der Waals surface area contributed by atoms with Gasteiger partial charge in [-0.2, -0.15) is 0 Å². The quantitative estimate of drug-likeness (QED) is 0.516. The van der Waals surface area contributed by atoms with Crippen LogP contribution in [-0.4, -0.2) is 49.0 Å². The summed E-state index contributed by atoms with van der Waals surface area (Å²) < 4.78 is 1.97. The number of allylic oxidation sites excluding steroid dienone is 2. The lowest BCUT2D eigenvalue weighted by molar-refractivity contribution is -0.145. The lowest BCUT2D eigenvalue weighted by atomic mass is 9.80. The van der Waals surface area contributed by atoms with Crippen molar-refractivity contribution in [1.29, 1.82) is 0 Å². The maximum absolute atomic E-state index is 10.8. The number of hydrogen-bond acceptors (Lipinski definition) is 5. The molecule has 6 nitrogen and oxygen atoms in total. The largest absolute Gasteiger partial charge is 0.493 e. The van der Waals surface area contributed by atoms with Crippen molar-refractivity contribution in [2.45, 2.75) is 27.2 Å². The normalized spacial score (nSPS) is 19.9. The number of hydrogen-bond donors (Lipinski definition) is 3. The van der Waals surface area contributed by atoms with E-state index in [9.17, 15) is 9.59 Å². The van der Waals surface area contributed by atoms with Gasteiger partial charge in [0.2, 0.25) is 4.38 Å². The predicted octanol–water partition coefficient (Wildman–Crippen LogP) is 2.87. The molecule has 0 bridgehead atoms. The van der Waals surface area contributed by atoms with Crippen LogP contribution in [0.25, 0.3) is 0 Å². The van der Waals surface area contributed by atoms with Gasteiger partial charge in [0.1, 0.15) is 0 Å². The maximum atomic E-state index is 10.8. The molecule has 0 fully saturated rings. The van der Waals surface area contributed by atoms with Crippen molar-refractivity contribution in [3.63, 3.8) is 0 Å². The molecule has 1 atom stereocenters. The lowest BCUT2D eigenvalue weighted by Gasteiger charge is -2.23. The Labute approximate surface area is 139 Å². The van der Waals surface area contributed by atoms with E-state index in [0.29, 0.717) is 0 Å². The summed E-state index contributed by atoms with van der Waals surface area (Å²) in [5.41, 5.74) is -0.949. The fraction of sp³-hybridized carbons (Fsp3) is 0.500. The van der Waals surface area contributed by atoms with Crippen LogP contribution in [0.2, 0.25) is 0 Å². The van der Waals surface area contributed by atoms with E-state index < -0.39 is 17.4 Å². The molecule has 0 amide bonds. The molecule has 0 saturated carbocycles. The second kappa shape index (κ2) is 9.60. The van der Waals surface area contributed by atoms with Gasteiger partial charge in [-0.15, -0.1) is 0 Å². The number of carbonyl (C=O) groups is 2. The van der Waals surface area contributed by atoms with E-state index in [1.54, 1.807) is 0 Å². The summed E-state index contributed by atoms with van der Waals surface area (Å²) in [4.78, 5) is 21.3. The van der Waals surface area contributed by atoms with Crippen molar-refractivity contribution < 1.29 is 24.9 Å². The number of aliphatic hydroxyl groups excluding tert-OH is 1. The van der Waals surface area contributed by atoms with Gasteiger partial charge in [-0.3, -0.25) is 4.79 Å². The SMILES string of the molecule is CC1(C(=O)O)C=CC=C(C(=O)O)C1.CCN(CC)SC(O)=S. The lowest BCUT2D eigenvalue weighted by Crippen LogP contribution is -2.28. The second-order valence-electron chi connectivity index (χ2n) is 4.73. The van der Waals surface area contributed by atoms with Crippen molar-refractivity contribution in [3.8, 4) is 0 Å². The number of aliphatic hydroxyl groups is 1. The number of aliphatic carboxylic acids is 2. The highest BCUT2D eigenvalue weighted by Gasteiger charge is 2.34. The Hall–Kier alpha value is -1.38. The van der Waals surface area contributed by atoms with Gasteiger partial charge >= 0.3 is 11.9 Å². The molecule has 22 heavy (non-hydrogen) atoms. The Morgan fingerprint density at radius 2 is 1.86 bits per heavy atom. The van der Waals surface area contributed by atoms with Crippen LogP contribution in [0.3, 0.4) is 0 Å². The Balaban J connectivity index is 0.000000433. The van der Waals surface area contributed by atoms with Gasteiger partial charge in [-0.25, -0.2) is 9.10 Å². The summed E-state index contributed by atoms with van der Waals surface area (Å²) >= 11 is 5.70. The van der Waals surface area contributed by atoms with Gasteiger partial charge in [-0.05, 0) is 25.6 Å². The third-order valence-electron chi connectivity index (χ3n) is 3.00. The molecule has 1 aliphatic rings. The van der Waals surface area contributed by atoms with Gasteiger partial charge in [0.05, 0.1) is 5.41 Å². The molecule has 0 aromatic rings. The van der Waals surface area contributed by atoms with E-state index in [0.717, 1.165) is 13.1 Å². The van der Waals surface area contributed by atoms with E-state index >= 15 is 0 Å². The Bertz CT molecular complexity index is 486. The summed E-state index contributed by atoms with van der Waals surface area (Å²) in [7, 11) is 0. The van der Waals surface area contributed by atoms with Crippen LogP contribution in [0.15, 0.2) is 23.8 Å². The van der Waals surface area contributed by atoms with Crippen molar-refractivity contribution in [2.75, 3.05) is 13.1 Å². The minimum absolute atomic E-state index is 0.00120. The second-order valence-corrected chi connectivity index (χ2v) is 6.46. The van der Waals surface area contributed by atoms with Crippen LogP contribution < -0.4 is 0 Å². The van der Waals surface area contributed by atoms with Gasteiger partial charge in [0.25, 0.3) is 0 Å². The minimum atomic E-state index is -1.08. The van der Waals surface area contributed by atoms with Gasteiger partial charge in [0, 0.05) is 30.6 Å². The van der Waals surface area contributed by atoms with Crippen LogP contribution >= 0.6 is 24.2 Å². The zero-order valence-corrected chi connectivity index (χ0v) is 14.4. The number of nitrogens with zero attached hydrogens (tertiary/aromatic N) is 1. The van der Waals surface area contributed by atoms with E-state index in [2.05, 4.69) is 12.2 Å². The highest BCUT2D eigenvalue weighted by atomic mass is 32.2. The molecule has 0 saturated heterocycles. The van der Waals surface area contributed by atoms with Crippen molar-refractivity contribution in [3.05, 3.63) is 23.8 Å². The summed E-state index contributed by atoms with van der Waals surface area (Å²) in [5.74, 6) is -2.06. The number of rotatable bonds is 5. The van der Waals surface area contributed by atoms with E-state index in [1.165, 1.54) is 37.1 Å². The van der Waals surface area contributed by atoms with Crippen LogP contribution in [0.5, 0.6) is 0 Å². The molecule has 0 radical (unpaired) electrons. The predicted molar refractivity (Wildman–Crippen MR) is 91.0 cm³/mol. The van der Waals surface area contributed by atoms with Gasteiger partial charge in [0.15, 0.2) is 0 Å². The average Bonchev–Trinajstić information content (AvgIpc) is 2.45. The molecule has 0 aromatic heterocycles. The molecular weight excluding hydrogens is 326 g/mol. The Morgan fingerprint density at radius 3 is 2.18 bits per heavy atom. The first-order valence-corrected chi connectivity index (χ1v) is 7.85. The first kappa shape index (κ1) is 20.6. The van der Waals surface area contributed by atoms with Crippen molar-refractivity contribution in [1.82, 2.24) is 4.31 Å². The Kier molecular flexibility index (Phi) is 9.00. The molecule has 0 aliphatic heterocycles. The van der Waals surface area contributed by atoms with Gasteiger partial charge < -0.3 is 15.3 Å². The van der Waals surface area contributed by atoms with E-state index in [-0.39, 0.29) is 16.4 Å². The number of carboxylic acid groups (broad SMARTS) is 2. The highest BCUT2D eigenvalue weighted by Crippen LogP contribution is 2.31. The summed E-state index contributed by atoms with van der Waals surface area (Å²) in [5, 5.41) is 26.1. The van der Waals surface area contributed by atoms with E-state index in [1.807, 2.05) is 18.2 Å². The zero-order chi connectivity index (χ0) is 17.3. The zero-order valence-electron chi connectivity index (χ0n) is 12.8. The molecule has 8 heteroatoms. The summed E-state index contributed by atoms with van der Waals surface area (Å²) in [6, 6.07) is 0. The third kappa shape index (κ3) is 7.06. The van der Waals surface area contributed by atoms with Crippen molar-refractivity contribution >= 4 is 40.5 Å². The fourth-order valence-corrected chi connectivity index (χ4v) is 2.44. The van der Waals surface area contributed by atoms with Crippen LogP contribution in [0.1, 0.15) is 27.2 Å². The first-order valence-electron chi connectivity index (χ1n) is 6.67. The molecule has 1 rings (SSSR count). The summed E-state index contributed by atoms with van der Waals surface area (Å²) in [6.45, 7) is 7.36.